The van der Waals surface area contributed by atoms with Crippen molar-refractivity contribution in [3.63, 3.8) is 0 Å². The number of hydrogen-bond donors (Lipinski definition) is 0. The summed E-state index contributed by atoms with van der Waals surface area (Å²) in [7, 11) is 0. The van der Waals surface area contributed by atoms with Crippen molar-refractivity contribution in [2.45, 2.75) is 33.2 Å². The second kappa shape index (κ2) is 6.96. The minimum absolute atomic E-state index is 0. The van der Waals surface area contributed by atoms with Gasteiger partial charge < -0.3 is 7.43 Å². The van der Waals surface area contributed by atoms with E-state index in [1.54, 1.807) is 0 Å². The van der Waals surface area contributed by atoms with E-state index in [2.05, 4.69) is 31.1 Å². The smallest absolute Gasteiger partial charge is 0.0824 e. The predicted molar refractivity (Wildman–Crippen MR) is 46.2 cm³/mol. The van der Waals surface area contributed by atoms with Crippen LogP contribution in [0.15, 0.2) is 6.20 Å². The quantitative estimate of drug-likeness (QED) is 0.780. The molecule has 0 N–H and O–H groups in total. The van der Waals surface area contributed by atoms with Gasteiger partial charge in [-0.05, 0) is 20.3 Å². The Hall–Kier alpha value is 0.504. The molecule has 0 fully saturated rings. The molecule has 0 spiro atoms. The van der Waals surface area contributed by atoms with Gasteiger partial charge in [-0.3, -0.25) is 0 Å². The zero-order valence-electron chi connectivity index (χ0n) is 8.28. The van der Waals surface area contributed by atoms with Crippen molar-refractivity contribution < 1.29 is 41.3 Å². The minimum Gasteiger partial charge on any atom is -0.358 e. The Kier molecular flexibility index (Phi) is 8.70. The second-order valence-electron chi connectivity index (χ2n) is 2.64. The van der Waals surface area contributed by atoms with Gasteiger partial charge in [-0.2, -0.15) is 0 Å². The Morgan fingerprint density at radius 2 is 2.08 bits per heavy atom. The SMILES string of the molecule is CCc1cn(C(C)C)nn1.[CH3-].[Pr]. The van der Waals surface area contributed by atoms with Gasteiger partial charge in [0.2, 0.25) is 0 Å². The molecule has 0 aliphatic heterocycles. The molecule has 0 unspecified atom stereocenters. The van der Waals surface area contributed by atoms with Crippen LogP contribution in [0, 0.1) is 48.7 Å². The first kappa shape index (κ1) is 15.0. The molecule has 0 aliphatic carbocycles. The number of nitrogens with zero attached hydrogens (tertiary/aromatic N) is 3. The van der Waals surface area contributed by atoms with Gasteiger partial charge in [-0.25, -0.2) is 4.68 Å². The van der Waals surface area contributed by atoms with Crippen molar-refractivity contribution >= 4 is 0 Å². The first-order valence-electron chi connectivity index (χ1n) is 3.64. The summed E-state index contributed by atoms with van der Waals surface area (Å²) in [6, 6.07) is 0.424. The van der Waals surface area contributed by atoms with Crippen molar-refractivity contribution in [2.24, 2.45) is 0 Å². The zero-order valence-corrected chi connectivity index (χ0v) is 12.0. The molecule has 1 heterocycles. The Morgan fingerprint density at radius 3 is 2.33 bits per heavy atom. The van der Waals surface area contributed by atoms with Crippen LogP contribution in [0.1, 0.15) is 32.5 Å². The molecule has 3 nitrogen and oxygen atoms in total. The third kappa shape index (κ3) is 3.95. The summed E-state index contributed by atoms with van der Waals surface area (Å²) in [5, 5.41) is 7.92. The summed E-state index contributed by atoms with van der Waals surface area (Å²) in [4.78, 5) is 0. The van der Waals surface area contributed by atoms with E-state index < -0.39 is 0 Å². The molecule has 12 heavy (non-hydrogen) atoms. The first-order chi connectivity index (χ1) is 4.74. The van der Waals surface area contributed by atoms with E-state index in [4.69, 9.17) is 0 Å². The first-order valence-corrected chi connectivity index (χ1v) is 3.64. The van der Waals surface area contributed by atoms with Crippen molar-refractivity contribution in [3.8, 4) is 0 Å². The fraction of sp³-hybridized carbons (Fsp3) is 0.625. The Bertz CT molecular complexity index is 208. The zero-order chi connectivity index (χ0) is 7.56. The molecule has 0 saturated carbocycles. The number of hydrogen-bond acceptors (Lipinski definition) is 2. The van der Waals surface area contributed by atoms with Crippen molar-refractivity contribution in [2.75, 3.05) is 0 Å². The second-order valence-corrected chi connectivity index (χ2v) is 2.64. The summed E-state index contributed by atoms with van der Waals surface area (Å²) >= 11 is 0. The van der Waals surface area contributed by atoms with Crippen LogP contribution in [0.2, 0.25) is 0 Å². The molecule has 0 bridgehead atoms. The van der Waals surface area contributed by atoms with Crippen LogP contribution in [0.4, 0.5) is 0 Å². The van der Waals surface area contributed by atoms with Gasteiger partial charge in [0, 0.05) is 53.5 Å². The largest absolute Gasteiger partial charge is 0.358 e. The predicted octanol–water partition coefficient (Wildman–Crippen LogP) is 1.87. The molecule has 1 aromatic rings. The summed E-state index contributed by atoms with van der Waals surface area (Å²) in [6.07, 6.45) is 2.96. The molecule has 0 amide bonds. The van der Waals surface area contributed by atoms with E-state index in [-0.39, 0.29) is 48.7 Å². The minimum atomic E-state index is 0. The summed E-state index contributed by atoms with van der Waals surface area (Å²) < 4.78 is 1.87. The van der Waals surface area contributed by atoms with Gasteiger partial charge in [-0.15, -0.1) is 5.10 Å². The van der Waals surface area contributed by atoms with Gasteiger partial charge >= 0.3 is 0 Å². The monoisotopic (exact) mass is 295 g/mol. The van der Waals surface area contributed by atoms with Gasteiger partial charge in [0.25, 0.3) is 0 Å². The number of rotatable bonds is 2. The average molecular weight is 295 g/mol. The maximum absolute atomic E-state index is 3.97. The third-order valence-corrected chi connectivity index (χ3v) is 1.45. The molecular weight excluding hydrogens is 279 g/mol. The molecule has 1 rings (SSSR count). The average Bonchev–Trinajstić information content (AvgIpc) is 2.34. The van der Waals surface area contributed by atoms with Crippen molar-refractivity contribution in [3.05, 3.63) is 19.3 Å². The van der Waals surface area contributed by atoms with Crippen molar-refractivity contribution in [1.82, 2.24) is 15.0 Å². The molecule has 4 heteroatoms. The van der Waals surface area contributed by atoms with Crippen LogP contribution in [-0.2, 0) is 6.42 Å². The van der Waals surface area contributed by atoms with Crippen LogP contribution < -0.4 is 0 Å². The van der Waals surface area contributed by atoms with Crippen LogP contribution in [0.5, 0.6) is 0 Å². The molecule has 0 aromatic carbocycles. The fourth-order valence-corrected chi connectivity index (χ4v) is 0.728. The summed E-state index contributed by atoms with van der Waals surface area (Å²) in [5.74, 6) is 0. The van der Waals surface area contributed by atoms with Crippen LogP contribution in [0.3, 0.4) is 0 Å². The van der Waals surface area contributed by atoms with E-state index in [1.165, 1.54) is 0 Å². The van der Waals surface area contributed by atoms with E-state index >= 15 is 0 Å². The summed E-state index contributed by atoms with van der Waals surface area (Å²) in [6.45, 7) is 6.26. The van der Waals surface area contributed by atoms with E-state index in [0.717, 1.165) is 12.1 Å². The molecule has 0 atom stereocenters. The molecular formula is C8H16N3Pr-. The maximum Gasteiger partial charge on any atom is 0.0824 e. The Labute approximate surface area is 108 Å². The molecule has 0 saturated heterocycles. The number of aromatic nitrogens is 3. The number of aryl methyl sites for hydroxylation is 1. The van der Waals surface area contributed by atoms with Gasteiger partial charge in [0.05, 0.1) is 5.69 Å². The normalized spacial score (nSPS) is 9.00. The van der Waals surface area contributed by atoms with Crippen molar-refractivity contribution in [1.29, 1.82) is 0 Å². The fourth-order valence-electron chi connectivity index (χ4n) is 0.728. The van der Waals surface area contributed by atoms with E-state index in [1.807, 2.05) is 10.9 Å². The third-order valence-electron chi connectivity index (χ3n) is 1.45. The van der Waals surface area contributed by atoms with Crippen LogP contribution in [-0.4, -0.2) is 15.0 Å². The van der Waals surface area contributed by atoms with E-state index in [9.17, 15) is 0 Å². The van der Waals surface area contributed by atoms with Gasteiger partial charge in [-0.1, -0.05) is 12.1 Å². The topological polar surface area (TPSA) is 30.7 Å². The van der Waals surface area contributed by atoms with E-state index in [0.29, 0.717) is 6.04 Å². The van der Waals surface area contributed by atoms with Gasteiger partial charge in [0.1, 0.15) is 0 Å². The molecule has 0 aliphatic rings. The van der Waals surface area contributed by atoms with Crippen LogP contribution >= 0.6 is 0 Å². The van der Waals surface area contributed by atoms with Crippen LogP contribution in [0.25, 0.3) is 0 Å². The Morgan fingerprint density at radius 1 is 1.50 bits per heavy atom. The molecule has 1 aromatic heterocycles. The summed E-state index contributed by atoms with van der Waals surface area (Å²) in [5.41, 5.74) is 1.06. The molecule has 67 valence electrons. The van der Waals surface area contributed by atoms with Gasteiger partial charge in [0.15, 0.2) is 0 Å². The maximum atomic E-state index is 3.97. The molecule has 1 radical (unpaired) electrons. The Balaban J connectivity index is 0. The standard InChI is InChI=1S/C7H13N3.CH3.Pr/c1-4-7-5-10(6(2)3)9-8-7;;/h5-6H,4H2,1-3H3;1H3;/q;-1;.